The molecule has 0 saturated carbocycles. The third-order valence-electron chi connectivity index (χ3n) is 5.58. The van der Waals surface area contributed by atoms with Gasteiger partial charge in [-0.3, -0.25) is 4.79 Å². The highest BCUT2D eigenvalue weighted by Crippen LogP contribution is 2.50. The lowest BCUT2D eigenvalue weighted by Crippen LogP contribution is -2.40. The Morgan fingerprint density at radius 1 is 1.19 bits per heavy atom. The number of benzene rings is 1. The molecule has 1 aromatic carbocycles. The van der Waals surface area contributed by atoms with E-state index in [0.717, 1.165) is 28.0 Å². The van der Waals surface area contributed by atoms with Crippen molar-refractivity contribution in [1.29, 1.82) is 0 Å². The van der Waals surface area contributed by atoms with Gasteiger partial charge in [-0.1, -0.05) is 19.9 Å². The minimum atomic E-state index is -0.206. The number of morpholine rings is 1. The molecule has 0 radical (unpaired) electrons. The molecule has 138 valence electrons. The smallest absolute Gasteiger partial charge is 0.254 e. The lowest BCUT2D eigenvalue weighted by molar-refractivity contribution is -0.361. The Morgan fingerprint density at radius 2 is 1.88 bits per heavy atom. The van der Waals surface area contributed by atoms with E-state index in [4.69, 9.17) is 4.74 Å². The molecule has 1 saturated heterocycles. The highest BCUT2D eigenvalue weighted by molar-refractivity contribution is 6.28. The Morgan fingerprint density at radius 3 is 2.58 bits per heavy atom. The molecule has 2 heterocycles. The molecule has 0 aromatic heterocycles. The molecule has 5 heteroatoms. The summed E-state index contributed by atoms with van der Waals surface area (Å²) in [6.07, 6.45) is 3.14. The molecule has 1 amide bonds. The number of amides is 1. The van der Waals surface area contributed by atoms with Crippen LogP contribution in [0.3, 0.4) is 0 Å². The maximum atomic E-state index is 13.1. The Balaban J connectivity index is 1.78. The second-order valence-corrected chi connectivity index (χ2v) is 8.89. The van der Waals surface area contributed by atoms with Crippen molar-refractivity contribution in [3.05, 3.63) is 40.6 Å². The molecule has 1 fully saturated rings. The molecule has 0 atom stereocenters. The van der Waals surface area contributed by atoms with Crippen LogP contribution in [0.4, 0.5) is 5.69 Å². The molecule has 2 aliphatic heterocycles. The Hall–Kier alpha value is -2.14. The molecule has 0 spiro atoms. The number of fused-ring (bicyclic) bond motifs is 3. The van der Waals surface area contributed by atoms with Gasteiger partial charge in [-0.2, -0.15) is 4.74 Å². The van der Waals surface area contributed by atoms with Crippen LogP contribution < -0.4 is 0 Å². The third-order valence-corrected chi connectivity index (χ3v) is 5.58. The molecule has 5 nitrogen and oxygen atoms in total. The fraction of sp³-hybridized carbons (Fsp3) is 0.524. The summed E-state index contributed by atoms with van der Waals surface area (Å²) in [5.41, 5.74) is 3.79. The van der Waals surface area contributed by atoms with E-state index in [1.165, 1.54) is 0 Å². The zero-order valence-corrected chi connectivity index (χ0v) is 16.0. The second-order valence-electron chi connectivity index (χ2n) is 8.89. The Kier molecular flexibility index (Phi) is 3.77. The van der Waals surface area contributed by atoms with Gasteiger partial charge in [-0.05, 0) is 37.8 Å². The molecular formula is C21H26N2O3. The number of nitrogens with zero attached hydrogens (tertiary/aromatic N) is 2. The van der Waals surface area contributed by atoms with Crippen LogP contribution >= 0.6 is 0 Å². The van der Waals surface area contributed by atoms with Crippen molar-refractivity contribution in [3.8, 4) is 0 Å². The van der Waals surface area contributed by atoms with Crippen LogP contribution in [0.1, 0.15) is 50.0 Å². The van der Waals surface area contributed by atoms with Gasteiger partial charge >= 0.3 is 0 Å². The third kappa shape index (κ3) is 2.65. The highest BCUT2D eigenvalue weighted by Gasteiger charge is 2.48. The fourth-order valence-corrected chi connectivity index (χ4v) is 4.82. The van der Waals surface area contributed by atoms with Crippen LogP contribution in [-0.4, -0.2) is 47.6 Å². The van der Waals surface area contributed by atoms with E-state index in [0.29, 0.717) is 37.6 Å². The summed E-state index contributed by atoms with van der Waals surface area (Å²) >= 11 is 0. The molecule has 0 unspecified atom stereocenters. The van der Waals surface area contributed by atoms with E-state index in [1.807, 2.05) is 12.1 Å². The first kappa shape index (κ1) is 17.3. The quantitative estimate of drug-likeness (QED) is 0.572. The number of carbonyl (C=O) groups is 1. The van der Waals surface area contributed by atoms with Crippen LogP contribution in [0, 0.1) is 16.0 Å². The molecule has 0 N–H and O–H groups in total. The molecule has 1 aliphatic carbocycles. The van der Waals surface area contributed by atoms with Gasteiger partial charge in [0.25, 0.3) is 5.91 Å². The lowest BCUT2D eigenvalue weighted by atomic mass is 9.65. The van der Waals surface area contributed by atoms with Crippen molar-refractivity contribution in [3.63, 3.8) is 0 Å². The zero-order valence-electron chi connectivity index (χ0n) is 16.0. The summed E-state index contributed by atoms with van der Waals surface area (Å²) < 4.78 is 6.37. The van der Waals surface area contributed by atoms with Gasteiger partial charge in [0.15, 0.2) is 0 Å². The van der Waals surface area contributed by atoms with Crippen molar-refractivity contribution in [2.75, 3.05) is 26.3 Å². The first-order valence-corrected chi connectivity index (χ1v) is 9.29. The summed E-state index contributed by atoms with van der Waals surface area (Å²) in [7, 11) is 0. The van der Waals surface area contributed by atoms with E-state index >= 15 is 0 Å². The van der Waals surface area contributed by atoms with E-state index < -0.39 is 0 Å². The normalized spacial score (nSPS) is 23.4. The van der Waals surface area contributed by atoms with E-state index in [9.17, 15) is 10.0 Å². The molecular weight excluding hydrogens is 328 g/mol. The number of hydrogen-bond donors (Lipinski definition) is 0. The van der Waals surface area contributed by atoms with Gasteiger partial charge in [0.05, 0.1) is 29.8 Å². The number of allylic oxidation sites excluding steroid dienone is 2. The summed E-state index contributed by atoms with van der Waals surface area (Å²) in [6.45, 7) is 11.0. The Labute approximate surface area is 154 Å². The van der Waals surface area contributed by atoms with Crippen LogP contribution in [0.15, 0.2) is 24.3 Å². The maximum Gasteiger partial charge on any atom is 0.254 e. The second kappa shape index (κ2) is 5.68. The average Bonchev–Trinajstić information content (AvgIpc) is 2.85. The zero-order chi connectivity index (χ0) is 18.7. The number of ether oxygens (including phenoxy) is 1. The lowest BCUT2D eigenvalue weighted by Gasteiger charge is -2.36. The van der Waals surface area contributed by atoms with E-state index in [2.05, 4.69) is 33.8 Å². The topological polar surface area (TPSA) is 55.6 Å². The van der Waals surface area contributed by atoms with Gasteiger partial charge in [-0.15, -0.1) is 0 Å². The molecule has 26 heavy (non-hydrogen) atoms. The van der Waals surface area contributed by atoms with Crippen molar-refractivity contribution >= 4 is 22.9 Å². The van der Waals surface area contributed by atoms with Gasteiger partial charge in [0.1, 0.15) is 0 Å². The predicted octanol–water partition coefficient (Wildman–Crippen LogP) is 3.59. The van der Waals surface area contributed by atoms with Crippen LogP contribution in [0.25, 0.3) is 5.57 Å². The Bertz CT molecular complexity index is 843. The fourth-order valence-electron chi connectivity index (χ4n) is 4.82. The largest absolute Gasteiger partial charge is 0.618 e. The highest BCUT2D eigenvalue weighted by atomic mass is 16.5. The van der Waals surface area contributed by atoms with Gasteiger partial charge in [0, 0.05) is 24.7 Å². The number of carbonyl (C=O) groups excluding carboxylic acids is 1. The van der Waals surface area contributed by atoms with Crippen molar-refractivity contribution < 1.29 is 14.3 Å². The maximum absolute atomic E-state index is 13.1. The number of hydrogen-bond acceptors (Lipinski definition) is 3. The SMILES string of the molecule is CC1(C)C=C2C(=[N+]([O-])c3cc(C(=O)N4CCOCC4)ccc32)C(C)(C)C1. The van der Waals surface area contributed by atoms with E-state index in [-0.39, 0.29) is 16.7 Å². The van der Waals surface area contributed by atoms with Crippen molar-refractivity contribution in [1.82, 2.24) is 4.90 Å². The van der Waals surface area contributed by atoms with Crippen LogP contribution in [0.2, 0.25) is 0 Å². The predicted molar refractivity (Wildman–Crippen MR) is 102 cm³/mol. The first-order valence-electron chi connectivity index (χ1n) is 9.29. The van der Waals surface area contributed by atoms with Gasteiger partial charge < -0.3 is 14.8 Å². The van der Waals surface area contributed by atoms with Crippen molar-refractivity contribution in [2.45, 2.75) is 34.1 Å². The van der Waals surface area contributed by atoms with Gasteiger partial charge in [0.2, 0.25) is 11.4 Å². The van der Waals surface area contributed by atoms with Gasteiger partial charge in [-0.25, -0.2) is 0 Å². The molecule has 1 aromatic rings. The van der Waals surface area contributed by atoms with Crippen LogP contribution in [-0.2, 0) is 4.74 Å². The molecule has 0 bridgehead atoms. The monoisotopic (exact) mass is 354 g/mol. The average molecular weight is 354 g/mol. The molecule has 4 rings (SSSR count). The minimum absolute atomic E-state index is 0.0297. The summed E-state index contributed by atoms with van der Waals surface area (Å²) in [5, 5.41) is 13.1. The first-order chi connectivity index (χ1) is 12.2. The summed E-state index contributed by atoms with van der Waals surface area (Å²) in [6, 6.07) is 5.54. The summed E-state index contributed by atoms with van der Waals surface area (Å²) in [5.74, 6) is -0.0297. The summed E-state index contributed by atoms with van der Waals surface area (Å²) in [4.78, 5) is 14.6. The number of rotatable bonds is 1. The van der Waals surface area contributed by atoms with Crippen LogP contribution in [0.5, 0.6) is 0 Å². The van der Waals surface area contributed by atoms with E-state index in [1.54, 1.807) is 11.0 Å². The minimum Gasteiger partial charge on any atom is -0.618 e. The molecule has 3 aliphatic rings. The standard InChI is InChI=1S/C21H26N2O3/c1-20(2)12-16-15-6-5-14(19(24)22-7-9-26-10-8-22)11-17(15)23(25)18(16)21(3,4)13-20/h5-6,11-12H,7-10,13H2,1-4H3. The van der Waals surface area contributed by atoms with Crippen molar-refractivity contribution in [2.24, 2.45) is 10.8 Å².